The fourth-order valence-electron chi connectivity index (χ4n) is 3.95. The number of nitrogens with zero attached hydrogens (tertiary/aromatic N) is 7. The molecule has 1 aliphatic rings. The Hall–Kier alpha value is -3.82. The van der Waals surface area contributed by atoms with E-state index in [9.17, 15) is 9.18 Å². The van der Waals surface area contributed by atoms with Crippen molar-refractivity contribution in [2.75, 3.05) is 11.4 Å². The number of halogens is 1. The summed E-state index contributed by atoms with van der Waals surface area (Å²) in [5.41, 5.74) is 1.79. The lowest BCUT2D eigenvalue weighted by atomic mass is 10.1. The van der Waals surface area contributed by atoms with Gasteiger partial charge in [-0.15, -0.1) is 10.2 Å². The zero-order valence-corrected chi connectivity index (χ0v) is 17.1. The number of aryl methyl sites for hydroxylation is 1. The van der Waals surface area contributed by atoms with Crippen LogP contribution < -0.4 is 10.5 Å². The molecule has 0 aliphatic carbocycles. The first-order chi connectivity index (χ1) is 15.0. The number of hydrogen-bond acceptors (Lipinski definition) is 7. The van der Waals surface area contributed by atoms with E-state index in [4.69, 9.17) is 4.52 Å². The summed E-state index contributed by atoms with van der Waals surface area (Å²) >= 11 is 0. The second-order valence-electron chi connectivity index (χ2n) is 7.57. The molecule has 4 heterocycles. The van der Waals surface area contributed by atoms with Crippen LogP contribution in [0.25, 0.3) is 22.7 Å². The summed E-state index contributed by atoms with van der Waals surface area (Å²) < 4.78 is 22.2. The van der Waals surface area contributed by atoms with Gasteiger partial charge in [-0.1, -0.05) is 17.3 Å². The molecule has 0 amide bonds. The molecule has 1 atom stereocenters. The van der Waals surface area contributed by atoms with Gasteiger partial charge in [0.2, 0.25) is 5.95 Å². The van der Waals surface area contributed by atoms with Crippen molar-refractivity contribution < 1.29 is 8.91 Å². The van der Waals surface area contributed by atoms with E-state index in [0.29, 0.717) is 28.7 Å². The lowest BCUT2D eigenvalue weighted by molar-refractivity contribution is 0.415. The Labute approximate surface area is 176 Å². The molecule has 1 aliphatic heterocycles. The summed E-state index contributed by atoms with van der Waals surface area (Å²) in [5, 5.41) is 17.0. The van der Waals surface area contributed by atoms with Crippen molar-refractivity contribution >= 4 is 5.95 Å². The normalized spacial score (nSPS) is 16.2. The molecule has 1 fully saturated rings. The van der Waals surface area contributed by atoms with Crippen LogP contribution in [0.15, 0.2) is 51.9 Å². The predicted molar refractivity (Wildman–Crippen MR) is 111 cm³/mol. The van der Waals surface area contributed by atoms with Crippen molar-refractivity contribution in [3.8, 4) is 22.7 Å². The molecule has 9 nitrogen and oxygen atoms in total. The van der Waals surface area contributed by atoms with Gasteiger partial charge < -0.3 is 9.42 Å². The molecule has 1 unspecified atom stereocenters. The molecule has 3 aromatic heterocycles. The molecule has 1 saturated heterocycles. The molecule has 5 rings (SSSR count). The maximum atomic E-state index is 13.6. The van der Waals surface area contributed by atoms with Crippen LogP contribution in [-0.2, 0) is 14.1 Å². The van der Waals surface area contributed by atoms with E-state index in [1.54, 1.807) is 25.4 Å². The SMILES string of the molecule is Cn1c(-c2cnn(C)c(=O)c2)nnc1N1CCCC1c1cc(-c2cccc(F)c2)on1. The molecule has 10 heteroatoms. The quantitative estimate of drug-likeness (QED) is 0.500. The smallest absolute Gasteiger partial charge is 0.267 e. The summed E-state index contributed by atoms with van der Waals surface area (Å²) in [6.45, 7) is 0.785. The number of benzene rings is 1. The maximum absolute atomic E-state index is 13.6. The lowest BCUT2D eigenvalue weighted by Gasteiger charge is -2.23. The summed E-state index contributed by atoms with van der Waals surface area (Å²) in [6.07, 6.45) is 3.44. The Morgan fingerprint density at radius 2 is 2.00 bits per heavy atom. The molecule has 4 aromatic rings. The topological polar surface area (TPSA) is 94.9 Å². The van der Waals surface area contributed by atoms with E-state index in [1.165, 1.54) is 22.9 Å². The first-order valence-corrected chi connectivity index (χ1v) is 9.93. The zero-order valence-electron chi connectivity index (χ0n) is 17.1. The molecule has 158 valence electrons. The number of hydrogen-bond donors (Lipinski definition) is 0. The summed E-state index contributed by atoms with van der Waals surface area (Å²) in [7, 11) is 3.46. The Kier molecular flexibility index (Phi) is 4.61. The van der Waals surface area contributed by atoms with Gasteiger partial charge in [0.15, 0.2) is 11.6 Å². The Morgan fingerprint density at radius 1 is 1.13 bits per heavy atom. The molecular formula is C21H20FN7O2. The molecule has 0 saturated carbocycles. The summed E-state index contributed by atoms with van der Waals surface area (Å²) in [4.78, 5) is 14.1. The predicted octanol–water partition coefficient (Wildman–Crippen LogP) is 2.71. The van der Waals surface area contributed by atoms with Gasteiger partial charge in [0, 0.05) is 43.9 Å². The van der Waals surface area contributed by atoms with Crippen molar-refractivity contribution in [2.24, 2.45) is 14.1 Å². The van der Waals surface area contributed by atoms with Crippen LogP contribution in [0.2, 0.25) is 0 Å². The van der Waals surface area contributed by atoms with Gasteiger partial charge in [-0.25, -0.2) is 9.07 Å². The number of rotatable bonds is 4. The van der Waals surface area contributed by atoms with E-state index in [-0.39, 0.29) is 17.4 Å². The van der Waals surface area contributed by atoms with Crippen LogP contribution in [0.3, 0.4) is 0 Å². The van der Waals surface area contributed by atoms with Gasteiger partial charge in [-0.05, 0) is 25.0 Å². The average Bonchev–Trinajstić information content (AvgIpc) is 3.49. The van der Waals surface area contributed by atoms with E-state index in [0.717, 1.165) is 25.1 Å². The summed E-state index contributed by atoms with van der Waals surface area (Å²) in [6, 6.07) is 9.54. The molecule has 0 radical (unpaired) electrons. The van der Waals surface area contributed by atoms with Crippen LogP contribution in [0, 0.1) is 5.82 Å². The van der Waals surface area contributed by atoms with Crippen molar-refractivity contribution in [3.63, 3.8) is 0 Å². The minimum Gasteiger partial charge on any atom is -0.356 e. The Morgan fingerprint density at radius 3 is 2.81 bits per heavy atom. The highest BCUT2D eigenvalue weighted by molar-refractivity contribution is 5.59. The Bertz CT molecular complexity index is 1310. The van der Waals surface area contributed by atoms with Gasteiger partial charge in [0.1, 0.15) is 11.5 Å². The van der Waals surface area contributed by atoms with E-state index in [1.807, 2.05) is 17.7 Å². The minimum absolute atomic E-state index is 0.0384. The third-order valence-corrected chi connectivity index (χ3v) is 5.57. The van der Waals surface area contributed by atoms with E-state index in [2.05, 4.69) is 25.4 Å². The fraction of sp³-hybridized carbons (Fsp3) is 0.286. The number of aromatic nitrogens is 6. The standard InChI is InChI=1S/C21H20FN7O2/c1-27-20(14-10-19(30)28(2)23-12-14)24-25-21(27)29-8-4-7-17(29)16-11-18(31-26-16)13-5-3-6-15(22)9-13/h3,5-6,9-12,17H,4,7-8H2,1-2H3. The third kappa shape index (κ3) is 3.39. The first-order valence-electron chi connectivity index (χ1n) is 9.93. The van der Waals surface area contributed by atoms with Crippen LogP contribution in [0.1, 0.15) is 24.6 Å². The monoisotopic (exact) mass is 421 g/mol. The average molecular weight is 421 g/mol. The van der Waals surface area contributed by atoms with Crippen LogP contribution >= 0.6 is 0 Å². The van der Waals surface area contributed by atoms with E-state index >= 15 is 0 Å². The van der Waals surface area contributed by atoms with Crippen LogP contribution in [0.5, 0.6) is 0 Å². The van der Waals surface area contributed by atoms with Gasteiger partial charge in [0.25, 0.3) is 5.56 Å². The van der Waals surface area contributed by atoms with Crippen LogP contribution in [-0.4, -0.2) is 36.2 Å². The lowest BCUT2D eigenvalue weighted by Crippen LogP contribution is -2.25. The van der Waals surface area contributed by atoms with Gasteiger partial charge >= 0.3 is 0 Å². The highest BCUT2D eigenvalue weighted by atomic mass is 19.1. The second-order valence-corrected chi connectivity index (χ2v) is 7.57. The second kappa shape index (κ2) is 7.46. The zero-order chi connectivity index (χ0) is 21.5. The minimum atomic E-state index is -0.324. The maximum Gasteiger partial charge on any atom is 0.267 e. The van der Waals surface area contributed by atoms with Gasteiger partial charge in [-0.3, -0.25) is 9.36 Å². The van der Waals surface area contributed by atoms with Gasteiger partial charge in [-0.2, -0.15) is 5.10 Å². The van der Waals surface area contributed by atoms with Crippen molar-refractivity contribution in [2.45, 2.75) is 18.9 Å². The third-order valence-electron chi connectivity index (χ3n) is 5.57. The van der Waals surface area contributed by atoms with Crippen molar-refractivity contribution in [1.82, 2.24) is 29.7 Å². The molecule has 0 bridgehead atoms. The molecule has 1 aromatic carbocycles. The van der Waals surface area contributed by atoms with Crippen molar-refractivity contribution in [1.29, 1.82) is 0 Å². The molecule has 0 spiro atoms. The largest absolute Gasteiger partial charge is 0.356 e. The van der Waals surface area contributed by atoms with E-state index < -0.39 is 0 Å². The summed E-state index contributed by atoms with van der Waals surface area (Å²) in [5.74, 6) is 1.43. The molecular weight excluding hydrogens is 401 g/mol. The molecule has 0 N–H and O–H groups in total. The number of anilines is 1. The van der Waals surface area contributed by atoms with Crippen LogP contribution in [0.4, 0.5) is 10.3 Å². The highest BCUT2D eigenvalue weighted by Crippen LogP contribution is 2.37. The highest BCUT2D eigenvalue weighted by Gasteiger charge is 2.32. The van der Waals surface area contributed by atoms with Crippen molar-refractivity contribution in [3.05, 3.63) is 64.5 Å². The Balaban J connectivity index is 1.46. The molecule has 31 heavy (non-hydrogen) atoms. The fourth-order valence-corrected chi connectivity index (χ4v) is 3.95. The van der Waals surface area contributed by atoms with Gasteiger partial charge in [0.05, 0.1) is 12.2 Å². The first kappa shape index (κ1) is 19.2.